The van der Waals surface area contributed by atoms with Crippen LogP contribution < -0.4 is 0 Å². The second-order valence-electron chi connectivity index (χ2n) is 3.38. The van der Waals surface area contributed by atoms with Crippen LogP contribution >= 0.6 is 0 Å². The number of carbonyl (C=O) groups is 1. The number of hydrogen-bond acceptors (Lipinski definition) is 3. The zero-order chi connectivity index (χ0) is 9.14. The fourth-order valence-electron chi connectivity index (χ4n) is 1.38. The van der Waals surface area contributed by atoms with E-state index in [0.29, 0.717) is 0 Å². The number of carbonyl (C=O) groups excluding carboxylic acids is 1. The molecule has 1 heterocycles. The van der Waals surface area contributed by atoms with Gasteiger partial charge in [0.15, 0.2) is 0 Å². The summed E-state index contributed by atoms with van der Waals surface area (Å²) in [6.07, 6.45) is 0. The van der Waals surface area contributed by atoms with Crippen LogP contribution in [0.1, 0.15) is 6.92 Å². The van der Waals surface area contributed by atoms with Crippen LogP contribution in [0.25, 0.3) is 5.73 Å². The van der Waals surface area contributed by atoms with Crippen LogP contribution in [-0.2, 0) is 37.5 Å². The molecule has 1 aliphatic heterocycles. The minimum absolute atomic E-state index is 0. The van der Waals surface area contributed by atoms with Gasteiger partial charge in [0.05, 0.1) is 5.91 Å². The molecule has 1 radical (unpaired) electrons. The van der Waals surface area contributed by atoms with Gasteiger partial charge in [0.1, 0.15) is 0 Å². The minimum atomic E-state index is -0.473. The third kappa shape index (κ3) is 4.02. The molecule has 5 heteroatoms. The van der Waals surface area contributed by atoms with Crippen molar-refractivity contribution in [1.29, 1.82) is 0 Å². The van der Waals surface area contributed by atoms with Crippen molar-refractivity contribution in [3.8, 4) is 0 Å². The third-order valence-electron chi connectivity index (χ3n) is 2.47. The fraction of sp³-hybridized carbons (Fsp3) is 0.875. The monoisotopic (exact) mass is 259 g/mol. The average molecular weight is 259 g/mol. The zero-order valence-corrected chi connectivity index (χ0v) is 11.1. The number of likely N-dealkylation sites (N-methyl/N-ethyl adjacent to an activating group) is 1. The molecule has 1 aliphatic rings. The Labute approximate surface area is 105 Å². The van der Waals surface area contributed by atoms with E-state index in [1.807, 2.05) is 0 Å². The van der Waals surface area contributed by atoms with Gasteiger partial charge in [-0.3, -0.25) is 4.90 Å². The summed E-state index contributed by atoms with van der Waals surface area (Å²) in [6, 6.07) is -0.223. The van der Waals surface area contributed by atoms with E-state index < -0.39 is 5.91 Å². The first kappa shape index (κ1) is 13.5. The Morgan fingerprint density at radius 2 is 1.77 bits per heavy atom. The summed E-state index contributed by atoms with van der Waals surface area (Å²) in [5.74, 6) is -0.473. The third-order valence-corrected chi connectivity index (χ3v) is 2.47. The van der Waals surface area contributed by atoms with Gasteiger partial charge in [0.2, 0.25) is 0 Å². The maximum Gasteiger partial charge on any atom is 0.0660 e. The van der Waals surface area contributed by atoms with Gasteiger partial charge in [-0.2, -0.15) is 0 Å². The molecule has 0 saturated carbocycles. The molecular weight excluding hydrogens is 243 g/mol. The number of rotatable bonds is 2. The summed E-state index contributed by atoms with van der Waals surface area (Å²) in [5.41, 5.74) is 6.98. The van der Waals surface area contributed by atoms with Crippen molar-refractivity contribution in [2.24, 2.45) is 0 Å². The molecular formula is C8H16N3OY-. The second kappa shape index (κ2) is 6.07. The summed E-state index contributed by atoms with van der Waals surface area (Å²) < 4.78 is 0. The Hall–Kier alpha value is 0.494. The van der Waals surface area contributed by atoms with E-state index in [4.69, 9.17) is 5.73 Å². The van der Waals surface area contributed by atoms with Crippen molar-refractivity contribution in [2.45, 2.75) is 13.0 Å². The molecule has 0 aromatic carbocycles. The van der Waals surface area contributed by atoms with Gasteiger partial charge in [0, 0.05) is 64.9 Å². The molecule has 0 bridgehead atoms. The smallest absolute Gasteiger partial charge is 0.0660 e. The Morgan fingerprint density at radius 3 is 2.15 bits per heavy atom. The first-order valence-corrected chi connectivity index (χ1v) is 4.29. The number of nitrogens with zero attached hydrogens (tertiary/aromatic N) is 2. The number of amides is 1. The number of hydrogen-bond donors (Lipinski definition) is 0. The van der Waals surface area contributed by atoms with Crippen molar-refractivity contribution >= 4 is 5.91 Å². The number of piperazine rings is 1. The molecule has 0 aromatic rings. The quantitative estimate of drug-likeness (QED) is 0.711. The first-order chi connectivity index (χ1) is 5.61. The summed E-state index contributed by atoms with van der Waals surface area (Å²) >= 11 is 0. The molecule has 1 atom stereocenters. The van der Waals surface area contributed by atoms with Gasteiger partial charge in [-0.1, -0.05) is 0 Å². The molecule has 1 N–H and O–H groups in total. The first-order valence-electron chi connectivity index (χ1n) is 4.29. The SMILES string of the molecule is CC(C([NH-])=O)N1CCN(C)CC1.[Y]. The van der Waals surface area contributed by atoms with Crippen molar-refractivity contribution in [3.05, 3.63) is 5.73 Å². The summed E-state index contributed by atoms with van der Waals surface area (Å²) in [4.78, 5) is 15.0. The average Bonchev–Trinajstić information content (AvgIpc) is 2.04. The van der Waals surface area contributed by atoms with Crippen LogP contribution in [0.3, 0.4) is 0 Å². The van der Waals surface area contributed by atoms with Crippen molar-refractivity contribution in [2.75, 3.05) is 33.2 Å². The molecule has 4 nitrogen and oxygen atoms in total. The van der Waals surface area contributed by atoms with Gasteiger partial charge in [-0.05, 0) is 14.0 Å². The van der Waals surface area contributed by atoms with Gasteiger partial charge in [-0.25, -0.2) is 0 Å². The van der Waals surface area contributed by atoms with Crippen molar-refractivity contribution < 1.29 is 37.5 Å². The summed E-state index contributed by atoms with van der Waals surface area (Å²) in [6.45, 7) is 5.61. The summed E-state index contributed by atoms with van der Waals surface area (Å²) in [7, 11) is 2.07. The number of nitrogens with one attached hydrogen (secondary N) is 1. The normalized spacial score (nSPS) is 22.0. The van der Waals surface area contributed by atoms with Gasteiger partial charge in [-0.15, -0.1) is 0 Å². The predicted molar refractivity (Wildman–Crippen MR) is 47.9 cm³/mol. The Balaban J connectivity index is 0.00000144. The van der Waals surface area contributed by atoms with E-state index in [-0.39, 0.29) is 38.8 Å². The predicted octanol–water partition coefficient (Wildman–Crippen LogP) is 0.199. The van der Waals surface area contributed by atoms with E-state index in [9.17, 15) is 4.79 Å². The topological polar surface area (TPSA) is 47.4 Å². The molecule has 0 aromatic heterocycles. The molecule has 13 heavy (non-hydrogen) atoms. The molecule has 73 valence electrons. The second-order valence-corrected chi connectivity index (χ2v) is 3.38. The van der Waals surface area contributed by atoms with Crippen LogP contribution in [-0.4, -0.2) is 55.0 Å². The maximum absolute atomic E-state index is 10.7. The van der Waals surface area contributed by atoms with Gasteiger partial charge < -0.3 is 15.4 Å². The standard InChI is InChI=1S/C8H17N3O.Y/c1-7(8(9)12)11-5-3-10(2)4-6-11;/h7H,3-6H2,1-2H3,(H2,9,12);/p-1. The Morgan fingerprint density at radius 1 is 1.31 bits per heavy atom. The van der Waals surface area contributed by atoms with Crippen LogP contribution in [0.4, 0.5) is 0 Å². The molecule has 1 amide bonds. The zero-order valence-electron chi connectivity index (χ0n) is 8.29. The van der Waals surface area contributed by atoms with Crippen LogP contribution in [0, 0.1) is 0 Å². The Kier molecular flexibility index (Phi) is 6.30. The minimum Gasteiger partial charge on any atom is -0.666 e. The van der Waals surface area contributed by atoms with Crippen molar-refractivity contribution in [1.82, 2.24) is 9.80 Å². The largest absolute Gasteiger partial charge is 0.666 e. The Bertz CT molecular complexity index is 169. The van der Waals surface area contributed by atoms with Gasteiger partial charge in [0.25, 0.3) is 0 Å². The van der Waals surface area contributed by atoms with E-state index in [1.54, 1.807) is 6.92 Å². The van der Waals surface area contributed by atoms with E-state index in [0.717, 1.165) is 26.2 Å². The van der Waals surface area contributed by atoms with Crippen LogP contribution in [0.15, 0.2) is 0 Å². The molecule has 1 fully saturated rings. The van der Waals surface area contributed by atoms with Crippen molar-refractivity contribution in [3.63, 3.8) is 0 Å². The van der Waals surface area contributed by atoms with E-state index in [1.165, 1.54) is 0 Å². The molecule has 0 aliphatic carbocycles. The molecule has 1 rings (SSSR count). The molecule has 1 unspecified atom stereocenters. The maximum atomic E-state index is 10.7. The van der Waals surface area contributed by atoms with E-state index in [2.05, 4.69) is 16.8 Å². The van der Waals surface area contributed by atoms with E-state index >= 15 is 0 Å². The molecule has 0 spiro atoms. The molecule has 1 saturated heterocycles. The van der Waals surface area contributed by atoms with Crippen LogP contribution in [0.2, 0.25) is 0 Å². The van der Waals surface area contributed by atoms with Gasteiger partial charge >= 0.3 is 0 Å². The summed E-state index contributed by atoms with van der Waals surface area (Å²) in [5, 5.41) is 0. The fourth-order valence-corrected chi connectivity index (χ4v) is 1.38. The van der Waals surface area contributed by atoms with Crippen LogP contribution in [0.5, 0.6) is 0 Å².